The second-order valence-corrected chi connectivity index (χ2v) is 9.64. The molecule has 0 N–H and O–H groups in total. The molecule has 0 spiro atoms. The number of rotatable bonds is 4. The Balaban J connectivity index is 4.14. The fourth-order valence-corrected chi connectivity index (χ4v) is 0.920. The third-order valence-electron chi connectivity index (χ3n) is 1.63. The third kappa shape index (κ3) is 6.01. The molecule has 0 rings (SSSR count). The SMILES string of the molecule is CC(=S)C=CC(=O)ON(C)[Si](C)(C)C. The molecule has 0 aromatic carbocycles. The van der Waals surface area contributed by atoms with Crippen molar-refractivity contribution in [1.29, 1.82) is 0 Å². The molecule has 5 heteroatoms. The van der Waals surface area contributed by atoms with Crippen LogP contribution in [-0.2, 0) is 9.63 Å². The fraction of sp³-hybridized carbons (Fsp3) is 0.556. The van der Waals surface area contributed by atoms with E-state index in [2.05, 4.69) is 19.6 Å². The van der Waals surface area contributed by atoms with Crippen molar-refractivity contribution in [3.63, 3.8) is 0 Å². The summed E-state index contributed by atoms with van der Waals surface area (Å²) in [5, 5.41) is 0. The van der Waals surface area contributed by atoms with Gasteiger partial charge >= 0.3 is 5.97 Å². The minimum atomic E-state index is -1.56. The van der Waals surface area contributed by atoms with E-state index in [0.717, 1.165) is 0 Å². The topological polar surface area (TPSA) is 29.5 Å². The molecule has 0 aliphatic heterocycles. The predicted molar refractivity (Wildman–Crippen MR) is 64.6 cm³/mol. The van der Waals surface area contributed by atoms with Crippen LogP contribution in [0.1, 0.15) is 6.92 Å². The monoisotopic (exact) mass is 231 g/mol. The van der Waals surface area contributed by atoms with Gasteiger partial charge in [0.15, 0.2) is 8.24 Å². The molecular formula is C9H17NO2SSi. The third-order valence-corrected chi connectivity index (χ3v) is 3.74. The molecular weight excluding hydrogens is 214 g/mol. The first-order valence-electron chi connectivity index (χ1n) is 4.38. The van der Waals surface area contributed by atoms with Crippen LogP contribution < -0.4 is 0 Å². The highest BCUT2D eigenvalue weighted by atomic mass is 32.1. The Labute approximate surface area is 91.8 Å². The second-order valence-electron chi connectivity index (χ2n) is 4.02. The van der Waals surface area contributed by atoms with Crippen molar-refractivity contribution < 1.29 is 9.63 Å². The predicted octanol–water partition coefficient (Wildman–Crippen LogP) is 2.16. The normalized spacial score (nSPS) is 12.1. The second kappa shape index (κ2) is 5.38. The van der Waals surface area contributed by atoms with Crippen LogP contribution in [0.3, 0.4) is 0 Å². The van der Waals surface area contributed by atoms with Gasteiger partial charge in [0, 0.05) is 18.0 Å². The zero-order valence-electron chi connectivity index (χ0n) is 9.33. The zero-order chi connectivity index (χ0) is 11.4. The average Bonchev–Trinajstić information content (AvgIpc) is 1.99. The lowest BCUT2D eigenvalue weighted by Crippen LogP contribution is -2.43. The van der Waals surface area contributed by atoms with E-state index in [1.807, 2.05) is 0 Å². The first kappa shape index (κ1) is 13.5. The summed E-state index contributed by atoms with van der Waals surface area (Å²) in [6.07, 6.45) is 2.91. The summed E-state index contributed by atoms with van der Waals surface area (Å²) in [4.78, 5) is 17.0. The highest BCUT2D eigenvalue weighted by molar-refractivity contribution is 7.80. The van der Waals surface area contributed by atoms with Gasteiger partial charge in [-0.3, -0.25) is 0 Å². The van der Waals surface area contributed by atoms with Crippen molar-refractivity contribution in [2.24, 2.45) is 0 Å². The maximum atomic E-state index is 11.2. The minimum absolute atomic E-state index is 0.376. The molecule has 0 unspecified atom stereocenters. The molecule has 0 heterocycles. The number of carbonyl (C=O) groups is 1. The van der Waals surface area contributed by atoms with Crippen LogP contribution in [0.4, 0.5) is 0 Å². The summed E-state index contributed by atoms with van der Waals surface area (Å²) >= 11 is 4.80. The van der Waals surface area contributed by atoms with Crippen molar-refractivity contribution in [2.45, 2.75) is 26.6 Å². The average molecular weight is 231 g/mol. The molecule has 0 saturated carbocycles. The van der Waals surface area contributed by atoms with E-state index in [-0.39, 0.29) is 5.97 Å². The van der Waals surface area contributed by atoms with Crippen LogP contribution in [-0.4, -0.2) is 30.8 Å². The van der Waals surface area contributed by atoms with E-state index in [0.29, 0.717) is 4.86 Å². The van der Waals surface area contributed by atoms with Gasteiger partial charge in [-0.25, -0.2) is 4.79 Å². The van der Waals surface area contributed by atoms with Crippen LogP contribution in [0, 0.1) is 0 Å². The Bertz CT molecular complexity index is 258. The van der Waals surface area contributed by atoms with E-state index < -0.39 is 8.24 Å². The lowest BCUT2D eigenvalue weighted by molar-refractivity contribution is -0.161. The van der Waals surface area contributed by atoms with Crippen LogP contribution in [0.2, 0.25) is 19.6 Å². The van der Waals surface area contributed by atoms with Crippen molar-refractivity contribution >= 4 is 31.3 Å². The summed E-state index contributed by atoms with van der Waals surface area (Å²) < 4.78 is 1.65. The number of thiocarbonyl (C=S) groups is 1. The van der Waals surface area contributed by atoms with Crippen molar-refractivity contribution in [3.05, 3.63) is 12.2 Å². The summed E-state index contributed by atoms with van der Waals surface area (Å²) in [5.74, 6) is -0.376. The van der Waals surface area contributed by atoms with E-state index in [1.54, 1.807) is 24.8 Å². The molecule has 0 aromatic heterocycles. The molecule has 0 fully saturated rings. The number of nitrogens with zero attached hydrogens (tertiary/aromatic N) is 1. The van der Waals surface area contributed by atoms with Crippen molar-refractivity contribution in [1.82, 2.24) is 4.73 Å². The first-order chi connectivity index (χ1) is 6.23. The summed E-state index contributed by atoms with van der Waals surface area (Å²) in [6, 6.07) is 0. The molecule has 0 radical (unpaired) electrons. The standard InChI is InChI=1S/C9H17NO2SSi/c1-8(13)6-7-9(11)12-10(2)14(3,4)5/h6-7H,1-5H3. The number of allylic oxidation sites excluding steroid dienone is 1. The smallest absolute Gasteiger partial charge is 0.349 e. The summed E-state index contributed by atoms with van der Waals surface area (Å²) in [7, 11) is 0.224. The lowest BCUT2D eigenvalue weighted by Gasteiger charge is -2.27. The molecule has 0 aromatic rings. The van der Waals surface area contributed by atoms with Gasteiger partial charge in [0.05, 0.1) is 0 Å². The molecule has 0 aliphatic rings. The lowest BCUT2D eigenvalue weighted by atomic mass is 10.4. The maximum Gasteiger partial charge on any atom is 0.349 e. The highest BCUT2D eigenvalue weighted by Crippen LogP contribution is 2.06. The number of hydrogen-bond acceptors (Lipinski definition) is 4. The van der Waals surface area contributed by atoms with Gasteiger partial charge in [0.2, 0.25) is 0 Å². The van der Waals surface area contributed by atoms with E-state index in [4.69, 9.17) is 17.1 Å². The quantitative estimate of drug-likeness (QED) is 0.321. The molecule has 0 amide bonds. The van der Waals surface area contributed by atoms with Crippen LogP contribution in [0.15, 0.2) is 12.2 Å². The van der Waals surface area contributed by atoms with E-state index >= 15 is 0 Å². The van der Waals surface area contributed by atoms with Crippen molar-refractivity contribution in [2.75, 3.05) is 7.05 Å². The maximum absolute atomic E-state index is 11.2. The van der Waals surface area contributed by atoms with Gasteiger partial charge in [0.1, 0.15) is 0 Å². The number of hydroxylamine groups is 1. The summed E-state index contributed by atoms with van der Waals surface area (Å²) in [5.41, 5.74) is 0. The number of hydrogen-bond donors (Lipinski definition) is 0. The van der Waals surface area contributed by atoms with Gasteiger partial charge in [-0.2, -0.15) is 4.73 Å². The number of carbonyl (C=O) groups excluding carboxylic acids is 1. The van der Waals surface area contributed by atoms with Gasteiger partial charge < -0.3 is 4.84 Å². The Morgan fingerprint density at radius 3 is 2.21 bits per heavy atom. The minimum Gasteiger partial charge on any atom is -0.372 e. The molecule has 14 heavy (non-hydrogen) atoms. The molecule has 0 saturated heterocycles. The van der Waals surface area contributed by atoms with E-state index in [9.17, 15) is 4.79 Å². The molecule has 0 aliphatic carbocycles. The first-order valence-corrected chi connectivity index (χ1v) is 8.23. The molecule has 0 bridgehead atoms. The van der Waals surface area contributed by atoms with Crippen LogP contribution in [0.25, 0.3) is 0 Å². The summed E-state index contributed by atoms with van der Waals surface area (Å²) in [6.45, 7) is 8.03. The van der Waals surface area contributed by atoms with Gasteiger partial charge in [0.25, 0.3) is 0 Å². The van der Waals surface area contributed by atoms with E-state index in [1.165, 1.54) is 6.08 Å². The Morgan fingerprint density at radius 2 is 1.86 bits per heavy atom. The van der Waals surface area contributed by atoms with Gasteiger partial charge in [-0.05, 0) is 13.0 Å². The van der Waals surface area contributed by atoms with Crippen LogP contribution in [0.5, 0.6) is 0 Å². The van der Waals surface area contributed by atoms with Crippen molar-refractivity contribution in [3.8, 4) is 0 Å². The zero-order valence-corrected chi connectivity index (χ0v) is 11.1. The van der Waals surface area contributed by atoms with Gasteiger partial charge in [-0.15, -0.1) is 0 Å². The Kier molecular flexibility index (Phi) is 5.18. The molecule has 3 nitrogen and oxygen atoms in total. The highest BCUT2D eigenvalue weighted by Gasteiger charge is 2.23. The Hall–Kier alpha value is -0.523. The molecule has 0 atom stereocenters. The fourth-order valence-electron chi connectivity index (χ4n) is 0.488. The Morgan fingerprint density at radius 1 is 1.36 bits per heavy atom. The van der Waals surface area contributed by atoms with Gasteiger partial charge in [-0.1, -0.05) is 31.9 Å². The molecule has 80 valence electrons. The van der Waals surface area contributed by atoms with Crippen LogP contribution >= 0.6 is 12.2 Å². The largest absolute Gasteiger partial charge is 0.372 e.